The quantitative estimate of drug-likeness (QED) is 0.827. The van der Waals surface area contributed by atoms with Gasteiger partial charge >= 0.3 is 0 Å². The standard InChI is InChI=1S/C9H11N3O2S2/c1-7-11-8(5-15-7)6-16(13,14)9-10-3-4-12(9)2/h3-5H,6H2,1-2H3. The highest BCUT2D eigenvalue weighted by Gasteiger charge is 2.21. The van der Waals surface area contributed by atoms with Crippen LogP contribution in [0.4, 0.5) is 0 Å². The predicted molar refractivity (Wildman–Crippen MR) is 60.9 cm³/mol. The van der Waals surface area contributed by atoms with Gasteiger partial charge in [0.15, 0.2) is 0 Å². The molecule has 0 saturated carbocycles. The van der Waals surface area contributed by atoms with Crippen molar-refractivity contribution in [2.45, 2.75) is 17.8 Å². The molecule has 0 fully saturated rings. The maximum atomic E-state index is 12.0. The van der Waals surface area contributed by atoms with Crippen LogP contribution in [0.1, 0.15) is 10.7 Å². The van der Waals surface area contributed by atoms with Crippen LogP contribution in [-0.2, 0) is 22.6 Å². The molecule has 0 atom stereocenters. The highest BCUT2D eigenvalue weighted by atomic mass is 32.2. The monoisotopic (exact) mass is 257 g/mol. The molecule has 0 aromatic carbocycles. The van der Waals surface area contributed by atoms with Crippen LogP contribution in [0.25, 0.3) is 0 Å². The molecule has 16 heavy (non-hydrogen) atoms. The molecule has 0 aliphatic heterocycles. The molecule has 0 N–H and O–H groups in total. The third-order valence-corrected chi connectivity index (χ3v) is 4.51. The minimum Gasteiger partial charge on any atom is -0.325 e. The van der Waals surface area contributed by atoms with Crippen molar-refractivity contribution in [3.05, 3.63) is 28.5 Å². The van der Waals surface area contributed by atoms with Crippen LogP contribution >= 0.6 is 11.3 Å². The lowest BCUT2D eigenvalue weighted by Crippen LogP contribution is -2.11. The zero-order valence-corrected chi connectivity index (χ0v) is 10.5. The summed E-state index contributed by atoms with van der Waals surface area (Å²) in [4.78, 5) is 7.98. The van der Waals surface area contributed by atoms with Crippen molar-refractivity contribution in [3.63, 3.8) is 0 Å². The molecule has 2 aromatic rings. The second-order valence-electron chi connectivity index (χ2n) is 3.44. The van der Waals surface area contributed by atoms with Crippen molar-refractivity contribution in [3.8, 4) is 0 Å². The first-order chi connectivity index (χ1) is 7.49. The first-order valence-electron chi connectivity index (χ1n) is 4.60. The Hall–Kier alpha value is -1.21. The first kappa shape index (κ1) is 11.3. The lowest BCUT2D eigenvalue weighted by molar-refractivity contribution is 0.577. The molecule has 5 nitrogen and oxygen atoms in total. The summed E-state index contributed by atoms with van der Waals surface area (Å²) in [5.74, 6) is -0.0950. The molecule has 0 amide bonds. The Morgan fingerprint density at radius 2 is 2.25 bits per heavy atom. The largest absolute Gasteiger partial charge is 0.325 e. The molecule has 0 saturated heterocycles. The molecule has 0 bridgehead atoms. The summed E-state index contributed by atoms with van der Waals surface area (Å²) in [6, 6.07) is 0. The van der Waals surface area contributed by atoms with Crippen LogP contribution in [0.5, 0.6) is 0 Å². The average molecular weight is 257 g/mol. The predicted octanol–water partition coefficient (Wildman–Crippen LogP) is 1.16. The van der Waals surface area contributed by atoms with E-state index in [0.717, 1.165) is 5.01 Å². The molecule has 0 spiro atoms. The number of sulfone groups is 1. The van der Waals surface area contributed by atoms with E-state index in [1.54, 1.807) is 18.6 Å². The van der Waals surface area contributed by atoms with Gasteiger partial charge in [0.25, 0.3) is 0 Å². The Morgan fingerprint density at radius 3 is 2.75 bits per heavy atom. The van der Waals surface area contributed by atoms with E-state index in [1.807, 2.05) is 6.92 Å². The number of aryl methyl sites for hydroxylation is 2. The fourth-order valence-corrected chi connectivity index (χ4v) is 3.49. The SMILES string of the molecule is Cc1nc(CS(=O)(=O)c2nccn2C)cs1. The van der Waals surface area contributed by atoms with Crippen molar-refractivity contribution < 1.29 is 8.42 Å². The van der Waals surface area contributed by atoms with Crippen molar-refractivity contribution >= 4 is 21.2 Å². The molecule has 2 heterocycles. The van der Waals surface area contributed by atoms with Gasteiger partial charge in [-0.15, -0.1) is 11.3 Å². The molecule has 0 aliphatic carbocycles. The Morgan fingerprint density at radius 1 is 1.50 bits per heavy atom. The minimum absolute atomic E-state index is 0.0816. The first-order valence-corrected chi connectivity index (χ1v) is 7.13. The average Bonchev–Trinajstić information content (AvgIpc) is 2.74. The van der Waals surface area contributed by atoms with Crippen LogP contribution in [0.3, 0.4) is 0 Å². The second kappa shape index (κ2) is 3.99. The lowest BCUT2D eigenvalue weighted by Gasteiger charge is -2.01. The van der Waals surface area contributed by atoms with Gasteiger partial charge in [0.05, 0.1) is 10.7 Å². The summed E-state index contributed by atoms with van der Waals surface area (Å²) in [5, 5.41) is 2.71. The van der Waals surface area contributed by atoms with E-state index in [2.05, 4.69) is 9.97 Å². The van der Waals surface area contributed by atoms with Crippen LogP contribution in [0.15, 0.2) is 22.9 Å². The fourth-order valence-electron chi connectivity index (χ4n) is 1.39. The number of hydrogen-bond donors (Lipinski definition) is 0. The fraction of sp³-hybridized carbons (Fsp3) is 0.333. The highest BCUT2D eigenvalue weighted by Crippen LogP contribution is 2.16. The maximum Gasteiger partial charge on any atom is 0.227 e. The summed E-state index contributed by atoms with van der Waals surface area (Å²) in [7, 11) is -1.73. The van der Waals surface area contributed by atoms with E-state index in [9.17, 15) is 8.42 Å². The molecule has 0 aliphatic rings. The maximum absolute atomic E-state index is 12.0. The van der Waals surface area contributed by atoms with Gasteiger partial charge in [-0.3, -0.25) is 0 Å². The molecule has 86 valence electrons. The summed E-state index contributed by atoms with van der Waals surface area (Å²) < 4.78 is 25.4. The lowest BCUT2D eigenvalue weighted by atomic mass is 10.6. The number of aromatic nitrogens is 3. The van der Waals surface area contributed by atoms with Gasteiger partial charge in [0.2, 0.25) is 15.0 Å². The molecule has 0 radical (unpaired) electrons. The Labute approximate surface area is 97.7 Å². The van der Waals surface area contributed by atoms with Crippen molar-refractivity contribution in [2.75, 3.05) is 0 Å². The van der Waals surface area contributed by atoms with Crippen LogP contribution in [-0.4, -0.2) is 23.0 Å². The van der Waals surface area contributed by atoms with Gasteiger partial charge in [0.1, 0.15) is 5.75 Å². The van der Waals surface area contributed by atoms with E-state index in [4.69, 9.17) is 0 Å². The van der Waals surface area contributed by atoms with E-state index in [0.29, 0.717) is 5.69 Å². The molecule has 2 rings (SSSR count). The van der Waals surface area contributed by atoms with Crippen molar-refractivity contribution in [2.24, 2.45) is 7.05 Å². The van der Waals surface area contributed by atoms with Gasteiger partial charge in [0, 0.05) is 24.8 Å². The number of nitrogens with zero attached hydrogens (tertiary/aromatic N) is 3. The van der Waals surface area contributed by atoms with Gasteiger partial charge in [-0.25, -0.2) is 18.4 Å². The number of imidazole rings is 1. The van der Waals surface area contributed by atoms with E-state index >= 15 is 0 Å². The van der Waals surface area contributed by atoms with Gasteiger partial charge < -0.3 is 4.57 Å². The summed E-state index contributed by atoms with van der Waals surface area (Å²) >= 11 is 1.44. The minimum atomic E-state index is -3.39. The summed E-state index contributed by atoms with van der Waals surface area (Å²) in [6.45, 7) is 1.85. The van der Waals surface area contributed by atoms with Gasteiger partial charge in [-0.1, -0.05) is 0 Å². The van der Waals surface area contributed by atoms with Crippen LogP contribution in [0, 0.1) is 6.92 Å². The summed E-state index contributed by atoms with van der Waals surface area (Å²) in [5.41, 5.74) is 0.575. The van der Waals surface area contributed by atoms with Crippen molar-refractivity contribution in [1.82, 2.24) is 14.5 Å². The number of hydrogen-bond acceptors (Lipinski definition) is 5. The second-order valence-corrected chi connectivity index (χ2v) is 6.38. The topological polar surface area (TPSA) is 64.8 Å². The van der Waals surface area contributed by atoms with E-state index < -0.39 is 9.84 Å². The van der Waals surface area contributed by atoms with E-state index in [1.165, 1.54) is 22.1 Å². The van der Waals surface area contributed by atoms with E-state index in [-0.39, 0.29) is 10.9 Å². The van der Waals surface area contributed by atoms with Crippen LogP contribution < -0.4 is 0 Å². The Bertz CT molecular complexity index is 598. The Kier molecular flexibility index (Phi) is 2.81. The van der Waals surface area contributed by atoms with Crippen molar-refractivity contribution in [1.29, 1.82) is 0 Å². The zero-order chi connectivity index (χ0) is 11.8. The van der Waals surface area contributed by atoms with Gasteiger partial charge in [-0.05, 0) is 6.92 Å². The smallest absolute Gasteiger partial charge is 0.227 e. The number of thiazole rings is 1. The number of rotatable bonds is 3. The normalized spacial score (nSPS) is 11.9. The van der Waals surface area contributed by atoms with Gasteiger partial charge in [-0.2, -0.15) is 0 Å². The Balaban J connectivity index is 2.31. The summed E-state index contributed by atoms with van der Waals surface area (Å²) in [6.07, 6.45) is 3.08. The molecule has 7 heteroatoms. The molecular formula is C9H11N3O2S2. The third-order valence-electron chi connectivity index (χ3n) is 2.06. The molecular weight excluding hydrogens is 246 g/mol. The molecule has 0 unspecified atom stereocenters. The van der Waals surface area contributed by atoms with Crippen LogP contribution in [0.2, 0.25) is 0 Å². The molecule has 2 aromatic heterocycles. The zero-order valence-electron chi connectivity index (χ0n) is 8.91. The highest BCUT2D eigenvalue weighted by molar-refractivity contribution is 7.90. The third kappa shape index (κ3) is 2.14.